The summed E-state index contributed by atoms with van der Waals surface area (Å²) in [5.74, 6) is 1.34. The fourth-order valence-electron chi connectivity index (χ4n) is 1.92. The van der Waals surface area contributed by atoms with E-state index in [1.807, 2.05) is 44.2 Å². The molecule has 5 heteroatoms. The fraction of sp³-hybridized carbons (Fsp3) is 0.333. The van der Waals surface area contributed by atoms with Crippen molar-refractivity contribution in [3.05, 3.63) is 45.2 Å². The van der Waals surface area contributed by atoms with Crippen molar-refractivity contribution >= 4 is 29.4 Å². The van der Waals surface area contributed by atoms with Crippen LogP contribution in [-0.4, -0.2) is 17.4 Å². The predicted octanol–water partition coefficient (Wildman–Crippen LogP) is 3.39. The van der Waals surface area contributed by atoms with E-state index in [9.17, 15) is 10.1 Å². The zero-order valence-electron chi connectivity index (χ0n) is 11.5. The monoisotopic (exact) mass is 304 g/mol. The van der Waals surface area contributed by atoms with Crippen molar-refractivity contribution in [2.45, 2.75) is 19.9 Å². The maximum atomic E-state index is 12.2. The molecule has 0 aliphatic carbocycles. The van der Waals surface area contributed by atoms with Gasteiger partial charge in [-0.05, 0) is 18.2 Å². The normalized spacial score (nSPS) is 19.2. The number of nitrogens with one attached hydrogen (secondary N) is 1. The number of aryl methyl sites for hydroxylation is 1. The molecule has 1 aliphatic rings. The number of nitriles is 1. The van der Waals surface area contributed by atoms with Crippen LogP contribution in [0.5, 0.6) is 0 Å². The van der Waals surface area contributed by atoms with E-state index in [1.165, 1.54) is 5.56 Å². The Hall–Kier alpha value is -1.38. The van der Waals surface area contributed by atoms with E-state index in [0.717, 1.165) is 21.3 Å². The van der Waals surface area contributed by atoms with Crippen LogP contribution in [0.4, 0.5) is 0 Å². The summed E-state index contributed by atoms with van der Waals surface area (Å²) in [6, 6.07) is 10.1. The second-order valence-electron chi connectivity index (χ2n) is 4.46. The number of hydrogen-bond donors (Lipinski definition) is 1. The van der Waals surface area contributed by atoms with Crippen LogP contribution in [0.3, 0.4) is 0 Å². The highest BCUT2D eigenvalue weighted by atomic mass is 32.2. The zero-order chi connectivity index (χ0) is 14.5. The molecule has 0 bridgehead atoms. The Morgan fingerprint density at radius 2 is 2.15 bits per heavy atom. The smallest absolute Gasteiger partial charge is 0.264 e. The van der Waals surface area contributed by atoms with Gasteiger partial charge >= 0.3 is 0 Å². The highest BCUT2D eigenvalue weighted by Crippen LogP contribution is 2.36. The molecule has 1 N–H and O–H groups in total. The molecule has 1 aliphatic heterocycles. The maximum absolute atomic E-state index is 12.2. The first-order valence-corrected chi connectivity index (χ1v) is 8.40. The summed E-state index contributed by atoms with van der Waals surface area (Å²) in [5, 5.41) is 12.1. The maximum Gasteiger partial charge on any atom is 0.264 e. The second kappa shape index (κ2) is 6.87. The number of nitrogens with zero attached hydrogens (tertiary/aromatic N) is 1. The molecule has 0 spiro atoms. The van der Waals surface area contributed by atoms with Gasteiger partial charge in [0.15, 0.2) is 0 Å². The Bertz CT molecular complexity index is 573. The van der Waals surface area contributed by atoms with Gasteiger partial charge in [-0.2, -0.15) is 5.26 Å². The molecule has 0 aromatic heterocycles. The molecule has 1 atom stereocenters. The molecular weight excluding hydrogens is 288 g/mol. The number of hydrogen-bond acceptors (Lipinski definition) is 4. The highest BCUT2D eigenvalue weighted by Gasteiger charge is 2.25. The van der Waals surface area contributed by atoms with E-state index >= 15 is 0 Å². The largest absolute Gasteiger partial charge is 0.344 e. The van der Waals surface area contributed by atoms with E-state index in [-0.39, 0.29) is 17.5 Å². The lowest BCUT2D eigenvalue weighted by atomic mass is 10.1. The standard InChI is InChI=1S/C15H16N2OS2/c1-3-19-15-12(8-16)14(18)17-13(9-20-15)11-6-4-10(2)5-7-11/h4-7,13H,3,9H2,1-2H3,(H,17,18). The van der Waals surface area contributed by atoms with Crippen molar-refractivity contribution in [3.63, 3.8) is 0 Å². The summed E-state index contributed by atoms with van der Waals surface area (Å²) in [5.41, 5.74) is 2.52. The first kappa shape index (κ1) is 15.0. The van der Waals surface area contributed by atoms with Gasteiger partial charge in [0.05, 0.1) is 10.3 Å². The Morgan fingerprint density at radius 3 is 2.75 bits per heavy atom. The predicted molar refractivity (Wildman–Crippen MR) is 85.3 cm³/mol. The lowest BCUT2D eigenvalue weighted by Crippen LogP contribution is -2.29. The van der Waals surface area contributed by atoms with Crippen molar-refractivity contribution < 1.29 is 4.79 Å². The van der Waals surface area contributed by atoms with Crippen molar-refractivity contribution in [3.8, 4) is 6.07 Å². The molecule has 1 aromatic carbocycles. The van der Waals surface area contributed by atoms with Gasteiger partial charge in [-0.25, -0.2) is 0 Å². The summed E-state index contributed by atoms with van der Waals surface area (Å²) < 4.78 is 0.835. The Kier molecular flexibility index (Phi) is 5.16. The van der Waals surface area contributed by atoms with Gasteiger partial charge < -0.3 is 5.32 Å². The topological polar surface area (TPSA) is 52.9 Å². The molecule has 0 saturated carbocycles. The van der Waals surface area contributed by atoms with Gasteiger partial charge in [0.2, 0.25) is 0 Å². The van der Waals surface area contributed by atoms with Crippen LogP contribution in [0, 0.1) is 18.3 Å². The quantitative estimate of drug-likeness (QED) is 0.930. The van der Waals surface area contributed by atoms with E-state index in [0.29, 0.717) is 0 Å². The Labute approximate surface area is 127 Å². The lowest BCUT2D eigenvalue weighted by molar-refractivity contribution is -0.117. The molecule has 3 nitrogen and oxygen atoms in total. The van der Waals surface area contributed by atoms with Gasteiger partial charge in [-0.15, -0.1) is 23.5 Å². The van der Waals surface area contributed by atoms with Crippen LogP contribution in [0.25, 0.3) is 0 Å². The molecule has 1 aromatic rings. The molecule has 104 valence electrons. The van der Waals surface area contributed by atoms with Crippen molar-refractivity contribution in [1.82, 2.24) is 5.32 Å². The minimum absolute atomic E-state index is 0.0496. The molecule has 2 rings (SSSR count). The molecule has 20 heavy (non-hydrogen) atoms. The number of thioether (sulfide) groups is 2. The summed E-state index contributed by atoms with van der Waals surface area (Å²) in [4.78, 5) is 12.2. The average Bonchev–Trinajstić information content (AvgIpc) is 2.59. The Balaban J connectivity index is 2.23. The number of amides is 1. The number of carbonyl (C=O) groups is 1. The van der Waals surface area contributed by atoms with Gasteiger partial charge in [0.1, 0.15) is 11.6 Å². The lowest BCUT2D eigenvalue weighted by Gasteiger charge is -2.16. The first-order chi connectivity index (χ1) is 9.65. The average molecular weight is 304 g/mol. The van der Waals surface area contributed by atoms with Crippen LogP contribution >= 0.6 is 23.5 Å². The second-order valence-corrected chi connectivity index (χ2v) is 7.02. The van der Waals surface area contributed by atoms with Gasteiger partial charge in [0, 0.05) is 5.75 Å². The Morgan fingerprint density at radius 1 is 1.45 bits per heavy atom. The fourth-order valence-corrected chi connectivity index (χ4v) is 4.23. The van der Waals surface area contributed by atoms with Crippen LogP contribution < -0.4 is 5.32 Å². The number of benzene rings is 1. The summed E-state index contributed by atoms with van der Waals surface area (Å²) >= 11 is 3.15. The van der Waals surface area contributed by atoms with E-state index in [2.05, 4.69) is 5.32 Å². The van der Waals surface area contributed by atoms with Crippen molar-refractivity contribution in [2.75, 3.05) is 11.5 Å². The molecular formula is C15H16N2OS2. The van der Waals surface area contributed by atoms with Crippen LogP contribution in [0.1, 0.15) is 24.1 Å². The van der Waals surface area contributed by atoms with Gasteiger partial charge in [-0.3, -0.25) is 4.79 Å². The molecule has 1 heterocycles. The summed E-state index contributed by atoms with van der Waals surface area (Å²) in [7, 11) is 0. The van der Waals surface area contributed by atoms with Gasteiger partial charge in [-0.1, -0.05) is 36.8 Å². The molecule has 1 amide bonds. The van der Waals surface area contributed by atoms with Crippen molar-refractivity contribution in [2.24, 2.45) is 0 Å². The van der Waals surface area contributed by atoms with Gasteiger partial charge in [0.25, 0.3) is 5.91 Å². The minimum atomic E-state index is -0.265. The van der Waals surface area contributed by atoms with E-state index in [1.54, 1.807) is 23.5 Å². The van der Waals surface area contributed by atoms with Crippen LogP contribution in [0.2, 0.25) is 0 Å². The zero-order valence-corrected chi connectivity index (χ0v) is 13.1. The number of carbonyl (C=O) groups excluding carboxylic acids is 1. The SMILES string of the molecule is CCSC1=C(C#N)C(=O)NC(c2ccc(C)cc2)CS1. The molecule has 0 radical (unpaired) electrons. The van der Waals surface area contributed by atoms with Crippen LogP contribution in [0.15, 0.2) is 34.1 Å². The third kappa shape index (κ3) is 3.38. The molecule has 0 fully saturated rings. The third-order valence-corrected chi connectivity index (χ3v) is 5.41. The van der Waals surface area contributed by atoms with E-state index in [4.69, 9.17) is 0 Å². The minimum Gasteiger partial charge on any atom is -0.344 e. The number of rotatable bonds is 3. The summed E-state index contributed by atoms with van der Waals surface area (Å²) in [6.45, 7) is 4.06. The molecule has 1 unspecified atom stereocenters. The van der Waals surface area contributed by atoms with E-state index < -0.39 is 0 Å². The van der Waals surface area contributed by atoms with Crippen molar-refractivity contribution in [1.29, 1.82) is 5.26 Å². The molecule has 0 saturated heterocycles. The first-order valence-electron chi connectivity index (χ1n) is 6.43. The highest BCUT2D eigenvalue weighted by molar-refractivity contribution is 8.22. The summed E-state index contributed by atoms with van der Waals surface area (Å²) in [6.07, 6.45) is 0. The third-order valence-electron chi connectivity index (χ3n) is 2.98. The van der Waals surface area contributed by atoms with Crippen LogP contribution in [-0.2, 0) is 4.79 Å².